The summed E-state index contributed by atoms with van der Waals surface area (Å²) in [6.45, 7) is 10.2. The molecule has 1 aliphatic rings. The number of benzene rings is 1. The van der Waals surface area contributed by atoms with E-state index in [0.29, 0.717) is 0 Å². The van der Waals surface area contributed by atoms with Crippen LogP contribution in [0.3, 0.4) is 0 Å². The van der Waals surface area contributed by atoms with E-state index in [1.54, 1.807) is 0 Å². The number of hydrogen-bond acceptors (Lipinski definition) is 2. The van der Waals surface area contributed by atoms with Crippen LogP contribution in [-0.4, -0.2) is 47.4 Å². The van der Waals surface area contributed by atoms with Gasteiger partial charge in [-0.3, -0.25) is 9.69 Å². The van der Waals surface area contributed by atoms with Crippen LogP contribution in [0.4, 0.5) is 0 Å². The Bertz CT molecular complexity index is 442. The fourth-order valence-electron chi connectivity index (χ4n) is 2.36. The predicted octanol–water partition coefficient (Wildman–Crippen LogP) is 2.85. The summed E-state index contributed by atoms with van der Waals surface area (Å²) in [5.74, 6) is 0.157. The van der Waals surface area contributed by atoms with Gasteiger partial charge in [0.1, 0.15) is 0 Å². The second-order valence-corrected chi connectivity index (χ2v) is 7.20. The molecule has 19 heavy (non-hydrogen) atoms. The van der Waals surface area contributed by atoms with Crippen molar-refractivity contribution < 1.29 is 4.79 Å². The van der Waals surface area contributed by atoms with Crippen LogP contribution in [-0.2, 0) is 0 Å². The van der Waals surface area contributed by atoms with Crippen molar-refractivity contribution in [3.05, 3.63) is 33.4 Å². The number of carbonyl (C=O) groups excluding carboxylic acids is 1. The molecule has 1 aromatic rings. The number of carbonyl (C=O) groups is 1. The molecule has 4 heteroatoms. The van der Waals surface area contributed by atoms with Crippen LogP contribution in [0.15, 0.2) is 24.3 Å². The maximum atomic E-state index is 12.4. The maximum Gasteiger partial charge on any atom is 0.253 e. The van der Waals surface area contributed by atoms with Gasteiger partial charge in [0.15, 0.2) is 0 Å². The smallest absolute Gasteiger partial charge is 0.253 e. The molecule has 1 aliphatic heterocycles. The molecule has 1 fully saturated rings. The SMILES string of the molecule is CC(C)(C)N1CCN(C(=O)c2ccc(I)cc2)CC1. The molecule has 2 rings (SSSR count). The first-order valence-electron chi connectivity index (χ1n) is 6.68. The van der Waals surface area contributed by atoms with Crippen molar-refractivity contribution in [2.75, 3.05) is 26.2 Å². The van der Waals surface area contributed by atoms with Crippen molar-refractivity contribution in [3.63, 3.8) is 0 Å². The minimum Gasteiger partial charge on any atom is -0.336 e. The molecule has 0 unspecified atom stereocenters. The fraction of sp³-hybridized carbons (Fsp3) is 0.533. The van der Waals surface area contributed by atoms with E-state index in [4.69, 9.17) is 0 Å². The highest BCUT2D eigenvalue weighted by atomic mass is 127. The molecule has 0 N–H and O–H groups in total. The quantitative estimate of drug-likeness (QED) is 0.708. The van der Waals surface area contributed by atoms with Gasteiger partial charge >= 0.3 is 0 Å². The number of rotatable bonds is 1. The van der Waals surface area contributed by atoms with Crippen LogP contribution in [0.2, 0.25) is 0 Å². The second-order valence-electron chi connectivity index (χ2n) is 5.96. The Kier molecular flexibility index (Phi) is 4.50. The van der Waals surface area contributed by atoms with E-state index in [0.717, 1.165) is 35.3 Å². The first kappa shape index (κ1) is 14.8. The van der Waals surface area contributed by atoms with Crippen LogP contribution in [0.25, 0.3) is 0 Å². The predicted molar refractivity (Wildman–Crippen MR) is 86.4 cm³/mol. The summed E-state index contributed by atoms with van der Waals surface area (Å²) in [5.41, 5.74) is 0.988. The summed E-state index contributed by atoms with van der Waals surface area (Å²) in [5, 5.41) is 0. The van der Waals surface area contributed by atoms with Gasteiger partial charge in [0.05, 0.1) is 0 Å². The third-order valence-corrected chi connectivity index (χ3v) is 4.33. The van der Waals surface area contributed by atoms with E-state index in [1.165, 1.54) is 0 Å². The Morgan fingerprint density at radius 3 is 2.05 bits per heavy atom. The number of piperazine rings is 1. The first-order chi connectivity index (χ1) is 8.88. The number of nitrogens with zero attached hydrogens (tertiary/aromatic N) is 2. The lowest BCUT2D eigenvalue weighted by Gasteiger charge is -2.42. The molecule has 1 saturated heterocycles. The topological polar surface area (TPSA) is 23.6 Å². The summed E-state index contributed by atoms with van der Waals surface area (Å²) >= 11 is 2.25. The summed E-state index contributed by atoms with van der Waals surface area (Å²) < 4.78 is 1.16. The molecule has 0 radical (unpaired) electrons. The van der Waals surface area contributed by atoms with Crippen molar-refractivity contribution >= 4 is 28.5 Å². The minimum atomic E-state index is 0.157. The van der Waals surface area contributed by atoms with E-state index < -0.39 is 0 Å². The number of halogens is 1. The van der Waals surface area contributed by atoms with Crippen LogP contribution < -0.4 is 0 Å². The van der Waals surface area contributed by atoms with E-state index in [-0.39, 0.29) is 11.4 Å². The molecule has 104 valence electrons. The highest BCUT2D eigenvalue weighted by molar-refractivity contribution is 14.1. The minimum absolute atomic E-state index is 0.157. The van der Waals surface area contributed by atoms with E-state index >= 15 is 0 Å². The zero-order chi connectivity index (χ0) is 14.0. The third kappa shape index (κ3) is 3.69. The van der Waals surface area contributed by atoms with Gasteiger partial charge in [0.25, 0.3) is 5.91 Å². The normalized spacial score (nSPS) is 17.6. The van der Waals surface area contributed by atoms with Gasteiger partial charge in [0, 0.05) is 40.9 Å². The fourth-order valence-corrected chi connectivity index (χ4v) is 2.71. The lowest BCUT2D eigenvalue weighted by Crippen LogP contribution is -2.54. The van der Waals surface area contributed by atoms with Crippen molar-refractivity contribution in [1.29, 1.82) is 0 Å². The van der Waals surface area contributed by atoms with E-state index in [2.05, 4.69) is 48.3 Å². The van der Waals surface area contributed by atoms with Crippen LogP contribution in [0.1, 0.15) is 31.1 Å². The molecule has 0 atom stereocenters. The molecule has 0 aromatic heterocycles. The lowest BCUT2D eigenvalue weighted by atomic mass is 10.0. The Balaban J connectivity index is 1.98. The average Bonchev–Trinajstić information content (AvgIpc) is 2.38. The maximum absolute atomic E-state index is 12.4. The summed E-state index contributed by atoms with van der Waals surface area (Å²) in [4.78, 5) is 16.8. The van der Waals surface area contributed by atoms with Gasteiger partial charge in [0.2, 0.25) is 0 Å². The van der Waals surface area contributed by atoms with Gasteiger partial charge in [-0.2, -0.15) is 0 Å². The van der Waals surface area contributed by atoms with Gasteiger partial charge in [-0.15, -0.1) is 0 Å². The van der Waals surface area contributed by atoms with Crippen molar-refractivity contribution in [2.45, 2.75) is 26.3 Å². The highest BCUT2D eigenvalue weighted by Gasteiger charge is 2.28. The number of amides is 1. The Labute approximate surface area is 129 Å². The first-order valence-corrected chi connectivity index (χ1v) is 7.76. The van der Waals surface area contributed by atoms with Crippen LogP contribution >= 0.6 is 22.6 Å². The summed E-state index contributed by atoms with van der Waals surface area (Å²) in [6, 6.07) is 7.80. The Morgan fingerprint density at radius 1 is 1.05 bits per heavy atom. The molecule has 1 aromatic carbocycles. The van der Waals surface area contributed by atoms with Crippen molar-refractivity contribution in [2.24, 2.45) is 0 Å². The van der Waals surface area contributed by atoms with Gasteiger partial charge in [-0.1, -0.05) is 0 Å². The molecule has 0 bridgehead atoms. The third-order valence-electron chi connectivity index (χ3n) is 3.61. The molecular weight excluding hydrogens is 351 g/mol. The zero-order valence-corrected chi connectivity index (χ0v) is 14.0. The molecule has 1 heterocycles. The monoisotopic (exact) mass is 372 g/mol. The highest BCUT2D eigenvalue weighted by Crippen LogP contribution is 2.17. The Morgan fingerprint density at radius 2 is 1.58 bits per heavy atom. The molecule has 0 aliphatic carbocycles. The van der Waals surface area contributed by atoms with Crippen LogP contribution in [0.5, 0.6) is 0 Å². The second kappa shape index (κ2) is 5.79. The van der Waals surface area contributed by atoms with E-state index in [9.17, 15) is 4.79 Å². The molecular formula is C15H21IN2O. The summed E-state index contributed by atoms with van der Waals surface area (Å²) in [6.07, 6.45) is 0. The lowest BCUT2D eigenvalue weighted by molar-refractivity contribution is 0.0451. The summed E-state index contributed by atoms with van der Waals surface area (Å²) in [7, 11) is 0. The molecule has 1 amide bonds. The largest absolute Gasteiger partial charge is 0.336 e. The molecule has 0 saturated carbocycles. The Hall–Kier alpha value is -0.620. The number of hydrogen-bond donors (Lipinski definition) is 0. The van der Waals surface area contributed by atoms with Crippen molar-refractivity contribution in [3.8, 4) is 0 Å². The van der Waals surface area contributed by atoms with E-state index in [1.807, 2.05) is 29.2 Å². The molecule has 0 spiro atoms. The van der Waals surface area contributed by atoms with Gasteiger partial charge in [-0.25, -0.2) is 0 Å². The average molecular weight is 372 g/mol. The standard InChI is InChI=1S/C15H21IN2O/c1-15(2,3)18-10-8-17(9-11-18)14(19)12-4-6-13(16)7-5-12/h4-7H,8-11H2,1-3H3. The van der Waals surface area contributed by atoms with Crippen LogP contribution in [0, 0.1) is 3.57 Å². The van der Waals surface area contributed by atoms with Gasteiger partial charge < -0.3 is 4.90 Å². The van der Waals surface area contributed by atoms with Gasteiger partial charge in [-0.05, 0) is 67.6 Å². The molecule has 3 nitrogen and oxygen atoms in total. The zero-order valence-electron chi connectivity index (χ0n) is 11.8. The van der Waals surface area contributed by atoms with Crippen molar-refractivity contribution in [1.82, 2.24) is 9.80 Å².